The van der Waals surface area contributed by atoms with Gasteiger partial charge in [-0.15, -0.1) is 0 Å². The molecule has 0 atom stereocenters. The number of hydroxylamine groups is 4. The van der Waals surface area contributed by atoms with Crippen LogP contribution < -0.4 is 0 Å². The van der Waals surface area contributed by atoms with Gasteiger partial charge in [0.15, 0.2) is 0 Å². The summed E-state index contributed by atoms with van der Waals surface area (Å²) in [4.78, 5) is 43.1. The van der Waals surface area contributed by atoms with E-state index in [-0.39, 0.29) is 9.61 Å². The molecule has 0 aliphatic heterocycles. The summed E-state index contributed by atoms with van der Waals surface area (Å²) in [5.41, 5.74) is 0. The molecular formula is C10H20N2O6Se2. The Hall–Kier alpha value is -0.181. The summed E-state index contributed by atoms with van der Waals surface area (Å²) in [6.07, 6.45) is 0. The SMILES string of the molecule is CCON(OCC)C(=O)[Se][Se]C(=O)N(OCC)OCC. The molecule has 0 saturated carbocycles. The first-order chi connectivity index (χ1) is 9.60. The fourth-order valence-corrected chi connectivity index (χ4v) is 4.76. The molecule has 0 saturated heterocycles. The normalized spacial score (nSPS) is 10.4. The Bertz CT molecular complexity index is 255. The average molecular weight is 422 g/mol. The molecule has 0 aliphatic rings. The quantitative estimate of drug-likeness (QED) is 0.365. The molecule has 2 amide bonds. The van der Waals surface area contributed by atoms with Gasteiger partial charge in [-0.05, 0) is 0 Å². The fourth-order valence-electron chi connectivity index (χ4n) is 0.887. The second kappa shape index (κ2) is 12.6. The van der Waals surface area contributed by atoms with Crippen LogP contribution in [0.15, 0.2) is 0 Å². The number of amides is 2. The Balaban J connectivity index is 4.27. The monoisotopic (exact) mass is 424 g/mol. The molecule has 10 heteroatoms. The number of nitrogens with zero attached hydrogens (tertiary/aromatic N) is 2. The van der Waals surface area contributed by atoms with Gasteiger partial charge in [0.2, 0.25) is 0 Å². The third-order valence-electron chi connectivity index (χ3n) is 1.47. The minimum atomic E-state index is -0.596. The van der Waals surface area contributed by atoms with Crippen LogP contribution in [0.25, 0.3) is 0 Å². The van der Waals surface area contributed by atoms with Crippen LogP contribution in [-0.2, 0) is 19.4 Å². The van der Waals surface area contributed by atoms with E-state index < -0.39 is 26.3 Å². The molecule has 0 aromatic rings. The number of hydrogen-bond acceptors (Lipinski definition) is 6. The van der Waals surface area contributed by atoms with Gasteiger partial charge in [0.25, 0.3) is 0 Å². The van der Waals surface area contributed by atoms with Crippen LogP contribution >= 0.6 is 0 Å². The summed E-state index contributed by atoms with van der Waals surface area (Å²) in [5, 5.41) is 1.70. The first-order valence-corrected chi connectivity index (χ1v) is 12.2. The molecule has 0 bridgehead atoms. The van der Waals surface area contributed by atoms with Gasteiger partial charge >= 0.3 is 129 Å². The molecule has 0 radical (unpaired) electrons. The van der Waals surface area contributed by atoms with Gasteiger partial charge in [-0.3, -0.25) is 0 Å². The maximum atomic E-state index is 11.8. The molecule has 0 aromatic carbocycles. The summed E-state index contributed by atoms with van der Waals surface area (Å²) in [7, 11) is 0. The van der Waals surface area contributed by atoms with Crippen LogP contribution in [0.3, 0.4) is 0 Å². The Morgan fingerprint density at radius 2 is 0.950 bits per heavy atom. The van der Waals surface area contributed by atoms with Crippen LogP contribution in [0.2, 0.25) is 0 Å². The third kappa shape index (κ3) is 8.18. The van der Waals surface area contributed by atoms with E-state index in [2.05, 4.69) is 0 Å². The van der Waals surface area contributed by atoms with Crippen molar-refractivity contribution in [2.24, 2.45) is 0 Å². The summed E-state index contributed by atoms with van der Waals surface area (Å²) in [6.45, 7) is 8.23. The van der Waals surface area contributed by atoms with Crippen molar-refractivity contribution in [1.29, 1.82) is 0 Å². The van der Waals surface area contributed by atoms with Crippen molar-refractivity contribution in [3.63, 3.8) is 0 Å². The van der Waals surface area contributed by atoms with Gasteiger partial charge in [0.05, 0.1) is 0 Å². The summed E-state index contributed by atoms with van der Waals surface area (Å²) < 4.78 is 0. The van der Waals surface area contributed by atoms with Gasteiger partial charge in [-0.2, -0.15) is 0 Å². The molecular weight excluding hydrogens is 402 g/mol. The number of hydrogen-bond donors (Lipinski definition) is 0. The van der Waals surface area contributed by atoms with E-state index in [1.54, 1.807) is 27.7 Å². The predicted octanol–water partition coefficient (Wildman–Crippen LogP) is 0.960. The second-order valence-corrected chi connectivity index (χ2v) is 8.68. The Morgan fingerprint density at radius 1 is 0.700 bits per heavy atom. The fraction of sp³-hybridized carbons (Fsp3) is 0.800. The predicted molar refractivity (Wildman–Crippen MR) is 72.5 cm³/mol. The van der Waals surface area contributed by atoms with Gasteiger partial charge in [-0.25, -0.2) is 0 Å². The molecule has 0 rings (SSSR count). The van der Waals surface area contributed by atoms with Crippen molar-refractivity contribution in [3.05, 3.63) is 0 Å². The number of rotatable bonds is 11. The van der Waals surface area contributed by atoms with Crippen molar-refractivity contribution in [1.82, 2.24) is 10.5 Å². The summed E-state index contributed by atoms with van der Waals surface area (Å²) in [5.74, 6) is 0. The van der Waals surface area contributed by atoms with Crippen LogP contribution in [0.4, 0.5) is 9.59 Å². The van der Waals surface area contributed by atoms with Crippen molar-refractivity contribution in [3.8, 4) is 0 Å². The zero-order valence-corrected chi connectivity index (χ0v) is 15.4. The van der Waals surface area contributed by atoms with Gasteiger partial charge in [0.1, 0.15) is 0 Å². The van der Waals surface area contributed by atoms with E-state index in [4.69, 9.17) is 19.4 Å². The summed E-state index contributed by atoms with van der Waals surface area (Å²) in [6, 6.07) is 0. The van der Waals surface area contributed by atoms with Crippen LogP contribution in [0.1, 0.15) is 27.7 Å². The molecule has 0 aliphatic carbocycles. The van der Waals surface area contributed by atoms with Crippen LogP contribution in [0, 0.1) is 0 Å². The zero-order valence-electron chi connectivity index (χ0n) is 12.0. The Labute approximate surface area is 129 Å². The molecule has 0 unspecified atom stereocenters. The van der Waals surface area contributed by atoms with Crippen molar-refractivity contribution < 1.29 is 28.9 Å². The van der Waals surface area contributed by atoms with Crippen molar-refractivity contribution in [2.45, 2.75) is 27.7 Å². The first-order valence-electron chi connectivity index (χ1n) is 6.14. The van der Waals surface area contributed by atoms with Gasteiger partial charge < -0.3 is 0 Å². The Morgan fingerprint density at radius 3 is 1.15 bits per heavy atom. The van der Waals surface area contributed by atoms with Gasteiger partial charge in [-0.1, -0.05) is 0 Å². The molecule has 20 heavy (non-hydrogen) atoms. The molecule has 0 heterocycles. The molecule has 0 aromatic heterocycles. The van der Waals surface area contributed by atoms with E-state index >= 15 is 0 Å². The average Bonchev–Trinajstić information content (AvgIpc) is 2.44. The molecule has 8 nitrogen and oxygen atoms in total. The Kier molecular flexibility index (Phi) is 12.4. The standard InChI is InChI=1S/C10H20N2O6Se2/c1-5-15-11(16-6-2)9(13)19-20-10(14)12(17-7-3)18-8-4/h5-8H2,1-4H3. The third-order valence-corrected chi connectivity index (χ3v) is 6.88. The molecule has 0 fully saturated rings. The van der Waals surface area contributed by atoms with Crippen molar-refractivity contribution in [2.75, 3.05) is 26.4 Å². The van der Waals surface area contributed by atoms with E-state index in [1.807, 2.05) is 0 Å². The molecule has 118 valence electrons. The minimum absolute atomic E-state index is 0.312. The number of carbonyl (C=O) groups is 2. The van der Waals surface area contributed by atoms with E-state index in [1.165, 1.54) is 0 Å². The summed E-state index contributed by atoms with van der Waals surface area (Å²) >= 11 is -1.19. The maximum absolute atomic E-state index is 11.8. The van der Waals surface area contributed by atoms with E-state index in [0.717, 1.165) is 10.5 Å². The van der Waals surface area contributed by atoms with Gasteiger partial charge in [0, 0.05) is 0 Å². The van der Waals surface area contributed by atoms with E-state index in [9.17, 15) is 9.59 Å². The molecule has 0 N–H and O–H groups in total. The van der Waals surface area contributed by atoms with Crippen LogP contribution in [0.5, 0.6) is 0 Å². The number of carbonyl (C=O) groups excluding carboxylic acids is 2. The zero-order chi connectivity index (χ0) is 15.4. The van der Waals surface area contributed by atoms with Crippen LogP contribution in [-0.4, -0.2) is 72.8 Å². The van der Waals surface area contributed by atoms with Crippen molar-refractivity contribution >= 4 is 35.9 Å². The topological polar surface area (TPSA) is 77.5 Å². The first kappa shape index (κ1) is 19.8. The molecule has 0 spiro atoms. The second-order valence-electron chi connectivity index (χ2n) is 2.88. The van der Waals surface area contributed by atoms with E-state index in [0.29, 0.717) is 26.4 Å².